The lowest BCUT2D eigenvalue weighted by molar-refractivity contribution is 0.320. The van der Waals surface area contributed by atoms with Crippen LogP contribution in [0.5, 0.6) is 5.75 Å². The van der Waals surface area contributed by atoms with Gasteiger partial charge >= 0.3 is 0 Å². The van der Waals surface area contributed by atoms with Gasteiger partial charge in [0.1, 0.15) is 17.1 Å². The van der Waals surface area contributed by atoms with Crippen LogP contribution >= 0.6 is 0 Å². The number of piperidine rings is 1. The highest BCUT2D eigenvalue weighted by Crippen LogP contribution is 2.25. The number of phenolic OH excluding ortho intramolecular Hbond substituents is 1. The van der Waals surface area contributed by atoms with E-state index in [0.29, 0.717) is 0 Å². The first-order valence-electron chi connectivity index (χ1n) is 8.14. The SMILES string of the molecule is Oc1ccc(Cc2nc3cccnc3n2C2CCCCN2)cc1. The minimum Gasteiger partial charge on any atom is -0.508 e. The number of phenols is 1. The third kappa shape index (κ3) is 2.80. The Morgan fingerprint density at radius 2 is 2.04 bits per heavy atom. The van der Waals surface area contributed by atoms with Crippen LogP contribution in [0.1, 0.15) is 36.8 Å². The molecule has 0 radical (unpaired) electrons. The van der Waals surface area contributed by atoms with Crippen molar-refractivity contribution in [1.29, 1.82) is 0 Å². The molecule has 5 nitrogen and oxygen atoms in total. The van der Waals surface area contributed by atoms with E-state index in [1.54, 1.807) is 12.1 Å². The summed E-state index contributed by atoms with van der Waals surface area (Å²) in [6, 6.07) is 11.3. The second-order valence-electron chi connectivity index (χ2n) is 6.05. The van der Waals surface area contributed by atoms with Crippen molar-refractivity contribution >= 4 is 11.2 Å². The number of nitrogens with zero attached hydrogens (tertiary/aromatic N) is 3. The molecule has 0 amide bonds. The zero-order chi connectivity index (χ0) is 15.6. The second kappa shape index (κ2) is 6.01. The van der Waals surface area contributed by atoms with Crippen LogP contribution in [0, 0.1) is 0 Å². The van der Waals surface area contributed by atoms with Crippen LogP contribution in [-0.2, 0) is 6.42 Å². The molecule has 0 aliphatic carbocycles. The molecule has 0 bridgehead atoms. The standard InChI is InChI=1S/C18H20N4O/c23-14-8-6-13(7-9-14)12-17-21-15-4-3-11-20-18(15)22(17)16-5-1-2-10-19-16/h3-4,6-9,11,16,19,23H,1-2,5,10,12H2. The average Bonchev–Trinajstić information content (AvgIpc) is 2.95. The molecular weight excluding hydrogens is 288 g/mol. The Hall–Kier alpha value is -2.40. The van der Waals surface area contributed by atoms with Gasteiger partial charge in [0.2, 0.25) is 0 Å². The fraction of sp³-hybridized carbons (Fsp3) is 0.333. The topological polar surface area (TPSA) is 63.0 Å². The summed E-state index contributed by atoms with van der Waals surface area (Å²) >= 11 is 0. The molecule has 0 spiro atoms. The van der Waals surface area contributed by atoms with E-state index in [1.165, 1.54) is 12.8 Å². The molecule has 3 aromatic rings. The van der Waals surface area contributed by atoms with Gasteiger partial charge in [-0.1, -0.05) is 12.1 Å². The highest BCUT2D eigenvalue weighted by Gasteiger charge is 2.21. The maximum atomic E-state index is 9.45. The molecular formula is C18H20N4O. The number of pyridine rings is 1. The Morgan fingerprint density at radius 3 is 2.83 bits per heavy atom. The van der Waals surface area contributed by atoms with Crippen LogP contribution in [0.25, 0.3) is 11.2 Å². The summed E-state index contributed by atoms with van der Waals surface area (Å²) < 4.78 is 2.25. The summed E-state index contributed by atoms with van der Waals surface area (Å²) in [6.07, 6.45) is 6.37. The van der Waals surface area contributed by atoms with E-state index >= 15 is 0 Å². The van der Waals surface area contributed by atoms with Crippen molar-refractivity contribution in [3.8, 4) is 5.75 Å². The lowest BCUT2D eigenvalue weighted by Crippen LogP contribution is -2.32. The molecule has 1 fully saturated rings. The summed E-state index contributed by atoms with van der Waals surface area (Å²) in [5.74, 6) is 1.31. The highest BCUT2D eigenvalue weighted by atomic mass is 16.3. The quantitative estimate of drug-likeness (QED) is 0.781. The van der Waals surface area contributed by atoms with E-state index in [2.05, 4.69) is 14.9 Å². The molecule has 1 saturated heterocycles. The van der Waals surface area contributed by atoms with Gasteiger partial charge in [-0.3, -0.25) is 9.88 Å². The number of imidazole rings is 1. The number of fused-ring (bicyclic) bond motifs is 1. The third-order valence-corrected chi connectivity index (χ3v) is 4.42. The van der Waals surface area contributed by atoms with E-state index in [4.69, 9.17) is 4.98 Å². The zero-order valence-electron chi connectivity index (χ0n) is 12.9. The zero-order valence-corrected chi connectivity index (χ0v) is 12.9. The Kier molecular flexibility index (Phi) is 3.71. The summed E-state index contributed by atoms with van der Waals surface area (Å²) in [4.78, 5) is 9.36. The Morgan fingerprint density at radius 1 is 1.17 bits per heavy atom. The van der Waals surface area contributed by atoms with Gasteiger partial charge in [0.25, 0.3) is 0 Å². The van der Waals surface area contributed by atoms with E-state index in [1.807, 2.05) is 30.5 Å². The second-order valence-corrected chi connectivity index (χ2v) is 6.05. The number of hydrogen-bond donors (Lipinski definition) is 2. The third-order valence-electron chi connectivity index (χ3n) is 4.42. The summed E-state index contributed by atoms with van der Waals surface area (Å²) in [7, 11) is 0. The van der Waals surface area contributed by atoms with E-state index in [0.717, 1.165) is 41.9 Å². The van der Waals surface area contributed by atoms with Crippen LogP contribution in [0.15, 0.2) is 42.6 Å². The first-order valence-corrected chi connectivity index (χ1v) is 8.14. The average molecular weight is 308 g/mol. The van der Waals surface area contributed by atoms with Gasteiger partial charge in [0, 0.05) is 12.6 Å². The summed E-state index contributed by atoms with van der Waals surface area (Å²) in [5.41, 5.74) is 3.02. The first kappa shape index (κ1) is 14.2. The van der Waals surface area contributed by atoms with Crippen molar-refractivity contribution < 1.29 is 5.11 Å². The number of rotatable bonds is 3. The number of nitrogens with one attached hydrogen (secondary N) is 1. The maximum absolute atomic E-state index is 9.45. The molecule has 3 heterocycles. The number of benzene rings is 1. The molecule has 2 N–H and O–H groups in total. The summed E-state index contributed by atoms with van der Waals surface area (Å²) in [6.45, 7) is 1.04. The lowest BCUT2D eigenvalue weighted by atomic mass is 10.1. The van der Waals surface area contributed by atoms with Crippen LogP contribution < -0.4 is 5.32 Å². The van der Waals surface area contributed by atoms with Crippen LogP contribution in [0.2, 0.25) is 0 Å². The normalized spacial score (nSPS) is 18.3. The molecule has 1 unspecified atom stereocenters. The minimum absolute atomic E-state index is 0.260. The fourth-order valence-corrected chi connectivity index (χ4v) is 3.28. The van der Waals surface area contributed by atoms with Gasteiger partial charge < -0.3 is 5.11 Å². The van der Waals surface area contributed by atoms with E-state index < -0.39 is 0 Å². The van der Waals surface area contributed by atoms with Gasteiger partial charge in [-0.2, -0.15) is 0 Å². The smallest absolute Gasteiger partial charge is 0.161 e. The van der Waals surface area contributed by atoms with Crippen molar-refractivity contribution in [2.45, 2.75) is 31.8 Å². The molecule has 23 heavy (non-hydrogen) atoms. The van der Waals surface area contributed by atoms with E-state index in [9.17, 15) is 5.11 Å². The molecule has 4 rings (SSSR count). The van der Waals surface area contributed by atoms with Crippen molar-refractivity contribution in [2.75, 3.05) is 6.54 Å². The monoisotopic (exact) mass is 308 g/mol. The molecule has 1 aromatic carbocycles. The molecule has 1 atom stereocenters. The highest BCUT2D eigenvalue weighted by molar-refractivity contribution is 5.71. The van der Waals surface area contributed by atoms with Crippen molar-refractivity contribution in [3.63, 3.8) is 0 Å². The van der Waals surface area contributed by atoms with Crippen molar-refractivity contribution in [1.82, 2.24) is 19.9 Å². The number of aromatic hydroxyl groups is 1. The maximum Gasteiger partial charge on any atom is 0.161 e. The van der Waals surface area contributed by atoms with Gasteiger partial charge in [-0.05, 0) is 55.6 Å². The summed E-state index contributed by atoms with van der Waals surface area (Å²) in [5, 5.41) is 13.0. The predicted octanol–water partition coefficient (Wildman–Crippen LogP) is 3.00. The Labute approximate surface area is 135 Å². The van der Waals surface area contributed by atoms with Crippen molar-refractivity contribution in [3.05, 3.63) is 54.0 Å². The van der Waals surface area contributed by atoms with Crippen LogP contribution in [-0.4, -0.2) is 26.2 Å². The van der Waals surface area contributed by atoms with Crippen LogP contribution in [0.4, 0.5) is 0 Å². The van der Waals surface area contributed by atoms with Gasteiger partial charge in [0.05, 0.1) is 6.17 Å². The molecule has 5 heteroatoms. The molecule has 118 valence electrons. The van der Waals surface area contributed by atoms with Gasteiger partial charge in [-0.15, -0.1) is 0 Å². The lowest BCUT2D eigenvalue weighted by Gasteiger charge is -2.26. The Balaban J connectivity index is 1.76. The Bertz CT molecular complexity index is 804. The predicted molar refractivity (Wildman–Crippen MR) is 89.3 cm³/mol. The first-order chi connectivity index (χ1) is 11.3. The molecule has 1 aliphatic rings. The number of aromatic nitrogens is 3. The van der Waals surface area contributed by atoms with Crippen LogP contribution in [0.3, 0.4) is 0 Å². The van der Waals surface area contributed by atoms with Gasteiger partial charge in [-0.25, -0.2) is 9.97 Å². The van der Waals surface area contributed by atoms with Gasteiger partial charge in [0.15, 0.2) is 5.65 Å². The molecule has 2 aromatic heterocycles. The largest absolute Gasteiger partial charge is 0.508 e. The van der Waals surface area contributed by atoms with E-state index in [-0.39, 0.29) is 11.9 Å². The molecule has 0 saturated carbocycles. The molecule has 1 aliphatic heterocycles. The van der Waals surface area contributed by atoms with Crippen molar-refractivity contribution in [2.24, 2.45) is 0 Å². The minimum atomic E-state index is 0.260. The number of hydrogen-bond acceptors (Lipinski definition) is 4. The fourth-order valence-electron chi connectivity index (χ4n) is 3.28.